The van der Waals surface area contributed by atoms with Gasteiger partial charge >= 0.3 is 0 Å². The fraction of sp³-hybridized carbons (Fsp3) is 0.125. The minimum Gasteiger partial charge on any atom is -0.468 e. The third kappa shape index (κ3) is 4.70. The molecular weight excluding hydrogens is 256 g/mol. The van der Waals surface area contributed by atoms with Gasteiger partial charge < -0.3 is 9.47 Å². The number of benzene rings is 2. The molecule has 0 amide bonds. The van der Waals surface area contributed by atoms with Crippen LogP contribution in [0.2, 0.25) is 0 Å². The van der Waals surface area contributed by atoms with E-state index >= 15 is 0 Å². The molecule has 0 unspecified atom stereocenters. The van der Waals surface area contributed by atoms with Crippen LogP contribution in [0.3, 0.4) is 0 Å². The highest BCUT2D eigenvalue weighted by Gasteiger charge is 1.98. The number of hydrogen-bond donors (Lipinski definition) is 0. The van der Waals surface area contributed by atoms with Gasteiger partial charge in [-0.15, -0.1) is 6.42 Å². The Labute approximate surface area is 117 Å². The number of ether oxygens (including phenoxy) is 2. The number of rotatable bonds is 6. The Bertz CT molecular complexity index is 529. The van der Waals surface area contributed by atoms with Crippen molar-refractivity contribution in [1.29, 1.82) is 0 Å². The van der Waals surface area contributed by atoms with E-state index < -0.39 is 0 Å². The summed E-state index contributed by atoms with van der Waals surface area (Å²) in [6.07, 6.45) is 5.07. The molecule has 3 heteroatoms. The fourth-order valence-corrected chi connectivity index (χ4v) is 2.28. The van der Waals surface area contributed by atoms with Crippen LogP contribution in [0.4, 0.5) is 0 Å². The van der Waals surface area contributed by atoms with Crippen molar-refractivity contribution in [2.24, 2.45) is 0 Å². The first-order valence-electron chi connectivity index (χ1n) is 5.85. The van der Waals surface area contributed by atoms with Gasteiger partial charge in [0.1, 0.15) is 12.4 Å². The van der Waals surface area contributed by atoms with Crippen molar-refractivity contribution in [2.45, 2.75) is 9.79 Å². The van der Waals surface area contributed by atoms with Crippen molar-refractivity contribution in [1.82, 2.24) is 0 Å². The van der Waals surface area contributed by atoms with Crippen molar-refractivity contribution >= 4 is 11.8 Å². The molecule has 0 aliphatic carbocycles. The van der Waals surface area contributed by atoms with Gasteiger partial charge in [-0.25, -0.2) is 0 Å². The van der Waals surface area contributed by atoms with Crippen LogP contribution in [0.5, 0.6) is 5.75 Å². The SMILES string of the molecule is C#CCOCOc1ccc(Sc2ccccc2)cc1. The van der Waals surface area contributed by atoms with E-state index in [9.17, 15) is 0 Å². The maximum absolute atomic E-state index is 5.39. The zero-order valence-corrected chi connectivity index (χ0v) is 11.2. The summed E-state index contributed by atoms with van der Waals surface area (Å²) < 4.78 is 10.4. The molecule has 0 aliphatic heterocycles. The average molecular weight is 270 g/mol. The first-order valence-corrected chi connectivity index (χ1v) is 6.67. The smallest absolute Gasteiger partial charge is 0.190 e. The Morgan fingerprint density at radius 2 is 1.63 bits per heavy atom. The molecule has 0 saturated carbocycles. The second-order valence-corrected chi connectivity index (χ2v) is 4.85. The van der Waals surface area contributed by atoms with Gasteiger partial charge in [-0.05, 0) is 36.4 Å². The van der Waals surface area contributed by atoms with E-state index in [0.717, 1.165) is 5.75 Å². The third-order valence-corrected chi connectivity index (χ3v) is 3.31. The van der Waals surface area contributed by atoms with Gasteiger partial charge in [0, 0.05) is 9.79 Å². The van der Waals surface area contributed by atoms with E-state index in [2.05, 4.69) is 18.1 Å². The molecule has 0 N–H and O–H groups in total. The van der Waals surface area contributed by atoms with Gasteiger partial charge in [-0.1, -0.05) is 35.9 Å². The quantitative estimate of drug-likeness (QED) is 0.451. The summed E-state index contributed by atoms with van der Waals surface area (Å²) in [5.74, 6) is 3.16. The van der Waals surface area contributed by atoms with Crippen LogP contribution >= 0.6 is 11.8 Å². The predicted molar refractivity (Wildman–Crippen MR) is 77.3 cm³/mol. The summed E-state index contributed by atoms with van der Waals surface area (Å²) in [5.41, 5.74) is 0. The van der Waals surface area contributed by atoms with Crippen LogP contribution in [-0.2, 0) is 4.74 Å². The zero-order valence-electron chi connectivity index (χ0n) is 10.4. The Kier molecular flexibility index (Phi) is 5.36. The van der Waals surface area contributed by atoms with Gasteiger partial charge in [-0.2, -0.15) is 0 Å². The van der Waals surface area contributed by atoms with Crippen molar-refractivity contribution in [3.63, 3.8) is 0 Å². The van der Waals surface area contributed by atoms with Gasteiger partial charge in [0.05, 0.1) is 0 Å². The number of hydrogen-bond acceptors (Lipinski definition) is 3. The Morgan fingerprint density at radius 1 is 0.947 bits per heavy atom. The number of terminal acetylenes is 1. The summed E-state index contributed by atoms with van der Waals surface area (Å²) in [6, 6.07) is 18.1. The summed E-state index contributed by atoms with van der Waals surface area (Å²) in [5, 5.41) is 0. The monoisotopic (exact) mass is 270 g/mol. The normalized spacial score (nSPS) is 9.84. The lowest BCUT2D eigenvalue weighted by atomic mass is 10.3. The van der Waals surface area contributed by atoms with E-state index in [4.69, 9.17) is 15.9 Å². The Balaban J connectivity index is 1.86. The lowest BCUT2D eigenvalue weighted by Gasteiger charge is -2.06. The fourth-order valence-electron chi connectivity index (χ4n) is 1.44. The van der Waals surface area contributed by atoms with Gasteiger partial charge in [0.25, 0.3) is 0 Å². The molecule has 19 heavy (non-hydrogen) atoms. The molecule has 2 rings (SSSR count). The molecule has 0 fully saturated rings. The molecule has 0 saturated heterocycles. The zero-order chi connectivity index (χ0) is 13.3. The lowest BCUT2D eigenvalue weighted by Crippen LogP contribution is -2.02. The van der Waals surface area contributed by atoms with Gasteiger partial charge in [-0.3, -0.25) is 0 Å². The molecule has 0 radical (unpaired) electrons. The lowest BCUT2D eigenvalue weighted by molar-refractivity contribution is 0.0333. The highest BCUT2D eigenvalue weighted by molar-refractivity contribution is 7.99. The molecule has 2 aromatic rings. The molecular formula is C16H14O2S. The molecule has 2 nitrogen and oxygen atoms in total. The van der Waals surface area contributed by atoms with Gasteiger partial charge in [0.2, 0.25) is 0 Å². The van der Waals surface area contributed by atoms with Crippen LogP contribution in [0.1, 0.15) is 0 Å². The van der Waals surface area contributed by atoms with Crippen molar-refractivity contribution < 1.29 is 9.47 Å². The van der Waals surface area contributed by atoms with E-state index in [1.165, 1.54) is 9.79 Å². The van der Waals surface area contributed by atoms with Crippen LogP contribution in [0.25, 0.3) is 0 Å². The van der Waals surface area contributed by atoms with Crippen LogP contribution in [-0.4, -0.2) is 13.4 Å². The molecule has 0 spiro atoms. The molecule has 0 aromatic heterocycles. The minimum atomic E-state index is 0.176. The Hall–Kier alpha value is -1.89. The third-order valence-electron chi connectivity index (χ3n) is 2.30. The minimum absolute atomic E-state index is 0.176. The standard InChI is InChI=1S/C16H14O2S/c1-2-12-17-13-18-14-8-10-16(11-9-14)19-15-6-4-3-5-7-15/h1,3-11H,12-13H2. The highest BCUT2D eigenvalue weighted by atomic mass is 32.2. The maximum atomic E-state index is 5.39. The summed E-state index contributed by atoms with van der Waals surface area (Å²) in [7, 11) is 0. The van der Waals surface area contributed by atoms with Crippen LogP contribution < -0.4 is 4.74 Å². The summed E-state index contributed by atoms with van der Waals surface area (Å²) >= 11 is 1.71. The van der Waals surface area contributed by atoms with E-state index in [1.807, 2.05) is 42.5 Å². The molecule has 96 valence electrons. The largest absolute Gasteiger partial charge is 0.468 e. The van der Waals surface area contributed by atoms with E-state index in [1.54, 1.807) is 11.8 Å². The van der Waals surface area contributed by atoms with Crippen molar-refractivity contribution in [2.75, 3.05) is 13.4 Å². The topological polar surface area (TPSA) is 18.5 Å². The Morgan fingerprint density at radius 3 is 2.32 bits per heavy atom. The van der Waals surface area contributed by atoms with E-state index in [-0.39, 0.29) is 13.4 Å². The first kappa shape index (κ1) is 13.5. The average Bonchev–Trinajstić information content (AvgIpc) is 2.46. The van der Waals surface area contributed by atoms with Crippen molar-refractivity contribution in [3.05, 3.63) is 54.6 Å². The predicted octanol–water partition coefficient (Wildman–Crippen LogP) is 3.82. The first-order chi connectivity index (χ1) is 9.38. The van der Waals surface area contributed by atoms with E-state index in [0.29, 0.717) is 0 Å². The molecule has 0 heterocycles. The molecule has 0 atom stereocenters. The summed E-state index contributed by atoms with van der Waals surface area (Å²) in [4.78, 5) is 2.39. The van der Waals surface area contributed by atoms with Gasteiger partial charge in [0.15, 0.2) is 6.79 Å². The summed E-state index contributed by atoms with van der Waals surface area (Å²) in [6.45, 7) is 0.442. The highest BCUT2D eigenvalue weighted by Crippen LogP contribution is 2.28. The van der Waals surface area contributed by atoms with Crippen molar-refractivity contribution in [3.8, 4) is 18.1 Å². The van der Waals surface area contributed by atoms with Crippen LogP contribution in [0, 0.1) is 12.3 Å². The maximum Gasteiger partial charge on any atom is 0.190 e. The molecule has 0 bridgehead atoms. The second kappa shape index (κ2) is 7.52. The second-order valence-electron chi connectivity index (χ2n) is 3.70. The molecule has 2 aromatic carbocycles. The molecule has 0 aliphatic rings. The van der Waals surface area contributed by atoms with Crippen LogP contribution in [0.15, 0.2) is 64.4 Å².